The Bertz CT molecular complexity index is 735. The van der Waals surface area contributed by atoms with Crippen LogP contribution in [0.4, 0.5) is 0 Å². The molecule has 4 nitrogen and oxygen atoms in total. The van der Waals surface area contributed by atoms with Crippen molar-refractivity contribution < 1.29 is 4.79 Å². The maximum Gasteiger partial charge on any atom is 0.220 e. The number of carbonyl (C=O) groups is 1. The molecule has 0 aliphatic carbocycles. The van der Waals surface area contributed by atoms with Gasteiger partial charge < -0.3 is 10.3 Å². The Balaban J connectivity index is 1.45. The standard InChI is InChI=1S/C18H19N3OS/c22-17(9-8-14-5-2-1-3-6-14)19-11-10-15-18(21-13-20-15)16-7-4-12-23-16/h1-7,12-13H,8-11H2,(H,19,22)(H,20,21). The normalized spacial score (nSPS) is 10.6. The average Bonchev–Trinajstić information content (AvgIpc) is 3.25. The van der Waals surface area contributed by atoms with Crippen molar-refractivity contribution in [3.63, 3.8) is 0 Å². The van der Waals surface area contributed by atoms with E-state index in [0.717, 1.165) is 29.1 Å². The van der Waals surface area contributed by atoms with Gasteiger partial charge in [0, 0.05) is 25.1 Å². The largest absolute Gasteiger partial charge is 0.356 e. The molecule has 3 aromatic rings. The lowest BCUT2D eigenvalue weighted by molar-refractivity contribution is -0.121. The van der Waals surface area contributed by atoms with Crippen LogP contribution in [0.3, 0.4) is 0 Å². The summed E-state index contributed by atoms with van der Waals surface area (Å²) in [6, 6.07) is 14.2. The number of aromatic nitrogens is 2. The lowest BCUT2D eigenvalue weighted by atomic mass is 10.1. The molecular formula is C18H19N3OS. The van der Waals surface area contributed by atoms with E-state index in [-0.39, 0.29) is 5.91 Å². The van der Waals surface area contributed by atoms with Gasteiger partial charge in [0.15, 0.2) is 0 Å². The fourth-order valence-electron chi connectivity index (χ4n) is 2.46. The molecule has 0 bridgehead atoms. The number of rotatable bonds is 7. The van der Waals surface area contributed by atoms with Crippen LogP contribution in [0, 0.1) is 0 Å². The quantitative estimate of drug-likeness (QED) is 0.699. The predicted octanol–water partition coefficient (Wildman–Crippen LogP) is 3.43. The Hall–Kier alpha value is -2.40. The van der Waals surface area contributed by atoms with Gasteiger partial charge in [-0.2, -0.15) is 0 Å². The molecule has 3 rings (SSSR count). The van der Waals surface area contributed by atoms with Crippen molar-refractivity contribution in [1.29, 1.82) is 0 Å². The first-order valence-electron chi connectivity index (χ1n) is 7.69. The van der Waals surface area contributed by atoms with E-state index in [1.807, 2.05) is 41.8 Å². The molecular weight excluding hydrogens is 306 g/mol. The Kier molecular flexibility index (Phi) is 5.21. The van der Waals surface area contributed by atoms with E-state index in [0.29, 0.717) is 13.0 Å². The number of thiophene rings is 1. The number of imidazole rings is 1. The maximum absolute atomic E-state index is 11.9. The van der Waals surface area contributed by atoms with Crippen LogP contribution in [0.15, 0.2) is 54.2 Å². The SMILES string of the molecule is O=C(CCc1ccccc1)NCCc1[nH]cnc1-c1cccs1. The highest BCUT2D eigenvalue weighted by Crippen LogP contribution is 2.25. The Labute approximate surface area is 139 Å². The maximum atomic E-state index is 11.9. The van der Waals surface area contributed by atoms with Gasteiger partial charge in [0.1, 0.15) is 5.69 Å². The molecule has 23 heavy (non-hydrogen) atoms. The third-order valence-corrected chi connectivity index (χ3v) is 4.53. The molecule has 2 heterocycles. The lowest BCUT2D eigenvalue weighted by Gasteiger charge is -2.05. The Morgan fingerprint density at radius 2 is 2.00 bits per heavy atom. The molecule has 0 radical (unpaired) electrons. The number of hydrogen-bond donors (Lipinski definition) is 2. The van der Waals surface area contributed by atoms with Crippen LogP contribution in [0.25, 0.3) is 10.6 Å². The fraction of sp³-hybridized carbons (Fsp3) is 0.222. The van der Waals surface area contributed by atoms with Crippen molar-refractivity contribution in [3.05, 3.63) is 65.4 Å². The van der Waals surface area contributed by atoms with Gasteiger partial charge in [-0.15, -0.1) is 11.3 Å². The van der Waals surface area contributed by atoms with E-state index in [1.54, 1.807) is 17.7 Å². The van der Waals surface area contributed by atoms with Crippen LogP contribution in [0.5, 0.6) is 0 Å². The number of nitrogens with one attached hydrogen (secondary N) is 2. The van der Waals surface area contributed by atoms with Crippen molar-refractivity contribution in [3.8, 4) is 10.6 Å². The summed E-state index contributed by atoms with van der Waals surface area (Å²) in [5.74, 6) is 0.0889. The van der Waals surface area contributed by atoms with Crippen LogP contribution in [-0.4, -0.2) is 22.4 Å². The van der Waals surface area contributed by atoms with Crippen molar-refractivity contribution in [1.82, 2.24) is 15.3 Å². The average molecular weight is 325 g/mol. The van der Waals surface area contributed by atoms with Crippen molar-refractivity contribution in [2.45, 2.75) is 19.3 Å². The number of benzene rings is 1. The van der Waals surface area contributed by atoms with Gasteiger partial charge in [-0.05, 0) is 23.4 Å². The summed E-state index contributed by atoms with van der Waals surface area (Å²) in [6.45, 7) is 0.619. The highest BCUT2D eigenvalue weighted by Gasteiger charge is 2.09. The van der Waals surface area contributed by atoms with Gasteiger partial charge in [0.05, 0.1) is 11.2 Å². The molecule has 0 saturated carbocycles. The van der Waals surface area contributed by atoms with E-state index in [9.17, 15) is 4.79 Å². The summed E-state index contributed by atoms with van der Waals surface area (Å²) in [5.41, 5.74) is 3.24. The first-order chi connectivity index (χ1) is 11.3. The zero-order valence-electron chi connectivity index (χ0n) is 12.8. The molecule has 1 aromatic carbocycles. The van der Waals surface area contributed by atoms with E-state index in [1.165, 1.54) is 5.56 Å². The minimum atomic E-state index is 0.0889. The molecule has 0 spiro atoms. The molecule has 0 saturated heterocycles. The van der Waals surface area contributed by atoms with Gasteiger partial charge in [-0.3, -0.25) is 4.79 Å². The molecule has 118 valence electrons. The second kappa shape index (κ2) is 7.74. The zero-order valence-corrected chi connectivity index (χ0v) is 13.6. The molecule has 2 aromatic heterocycles. The number of aromatic amines is 1. The Morgan fingerprint density at radius 3 is 2.78 bits per heavy atom. The van der Waals surface area contributed by atoms with Crippen molar-refractivity contribution >= 4 is 17.2 Å². The highest BCUT2D eigenvalue weighted by molar-refractivity contribution is 7.13. The van der Waals surface area contributed by atoms with Crippen LogP contribution < -0.4 is 5.32 Å². The summed E-state index contributed by atoms with van der Waals surface area (Å²) in [5, 5.41) is 5.02. The number of aryl methyl sites for hydroxylation is 1. The molecule has 0 aliphatic heterocycles. The van der Waals surface area contributed by atoms with E-state index >= 15 is 0 Å². The van der Waals surface area contributed by atoms with Crippen molar-refractivity contribution in [2.75, 3.05) is 6.54 Å². The first-order valence-corrected chi connectivity index (χ1v) is 8.57. The number of nitrogens with zero attached hydrogens (tertiary/aromatic N) is 1. The number of carbonyl (C=O) groups excluding carboxylic acids is 1. The topological polar surface area (TPSA) is 57.8 Å². The predicted molar refractivity (Wildman–Crippen MR) is 93.4 cm³/mol. The molecule has 1 amide bonds. The highest BCUT2D eigenvalue weighted by atomic mass is 32.1. The van der Waals surface area contributed by atoms with Crippen LogP contribution >= 0.6 is 11.3 Å². The van der Waals surface area contributed by atoms with Crippen LogP contribution in [0.2, 0.25) is 0 Å². The third-order valence-electron chi connectivity index (χ3n) is 3.65. The van der Waals surface area contributed by atoms with E-state index in [4.69, 9.17) is 0 Å². The van der Waals surface area contributed by atoms with Crippen LogP contribution in [-0.2, 0) is 17.6 Å². The van der Waals surface area contributed by atoms with Gasteiger partial charge in [-0.25, -0.2) is 4.98 Å². The van der Waals surface area contributed by atoms with Gasteiger partial charge >= 0.3 is 0 Å². The smallest absolute Gasteiger partial charge is 0.220 e. The molecule has 0 atom stereocenters. The van der Waals surface area contributed by atoms with E-state index in [2.05, 4.69) is 21.4 Å². The van der Waals surface area contributed by atoms with Gasteiger partial charge in [0.25, 0.3) is 0 Å². The fourth-order valence-corrected chi connectivity index (χ4v) is 3.20. The molecule has 5 heteroatoms. The molecule has 0 aliphatic rings. The van der Waals surface area contributed by atoms with Crippen molar-refractivity contribution in [2.24, 2.45) is 0 Å². The summed E-state index contributed by atoms with van der Waals surface area (Å²) in [4.78, 5) is 20.6. The number of amides is 1. The zero-order chi connectivity index (χ0) is 15.9. The third kappa shape index (κ3) is 4.29. The number of H-pyrrole nitrogens is 1. The van der Waals surface area contributed by atoms with Gasteiger partial charge in [0.2, 0.25) is 5.91 Å². The van der Waals surface area contributed by atoms with E-state index < -0.39 is 0 Å². The minimum Gasteiger partial charge on any atom is -0.356 e. The molecule has 2 N–H and O–H groups in total. The molecule has 0 unspecified atom stereocenters. The number of hydrogen-bond acceptors (Lipinski definition) is 3. The second-order valence-electron chi connectivity index (χ2n) is 5.29. The monoisotopic (exact) mass is 325 g/mol. The van der Waals surface area contributed by atoms with Crippen LogP contribution in [0.1, 0.15) is 17.7 Å². The summed E-state index contributed by atoms with van der Waals surface area (Å²) >= 11 is 1.67. The molecule has 0 fully saturated rings. The minimum absolute atomic E-state index is 0.0889. The summed E-state index contributed by atoms with van der Waals surface area (Å²) in [6.07, 6.45) is 3.76. The second-order valence-corrected chi connectivity index (χ2v) is 6.24. The summed E-state index contributed by atoms with van der Waals surface area (Å²) < 4.78 is 0. The summed E-state index contributed by atoms with van der Waals surface area (Å²) in [7, 11) is 0. The lowest BCUT2D eigenvalue weighted by Crippen LogP contribution is -2.26. The first kappa shape index (κ1) is 15.5. The Morgan fingerprint density at radius 1 is 1.13 bits per heavy atom. The van der Waals surface area contributed by atoms with Gasteiger partial charge in [-0.1, -0.05) is 36.4 Å².